The first-order valence-corrected chi connectivity index (χ1v) is 10.7. The van der Waals surface area contributed by atoms with Crippen molar-refractivity contribution in [2.24, 2.45) is 11.8 Å². The van der Waals surface area contributed by atoms with Crippen LogP contribution in [0.4, 0.5) is 0 Å². The van der Waals surface area contributed by atoms with Crippen molar-refractivity contribution < 1.29 is 0 Å². The second-order valence-electron chi connectivity index (χ2n) is 6.91. The third-order valence-corrected chi connectivity index (χ3v) is 7.86. The normalized spacial score (nSPS) is 21.5. The van der Waals surface area contributed by atoms with Crippen molar-refractivity contribution in [3.05, 3.63) is 84.5 Å². The van der Waals surface area contributed by atoms with Crippen LogP contribution < -0.4 is 10.6 Å². The SMILES string of the molecule is C1=C[C@@H]2C[C@H]1C=C2CCCCP(c1ccccc1)c1ccccc1. The molecule has 2 aromatic rings. The van der Waals surface area contributed by atoms with E-state index in [0.29, 0.717) is 0 Å². The number of benzene rings is 2. The van der Waals surface area contributed by atoms with Gasteiger partial charge in [-0.15, -0.1) is 0 Å². The average molecular weight is 332 g/mol. The first-order valence-electron chi connectivity index (χ1n) is 9.17. The largest absolute Gasteiger partial charge is 0.0810 e. The Kier molecular flexibility index (Phi) is 4.95. The summed E-state index contributed by atoms with van der Waals surface area (Å²) >= 11 is 0. The molecule has 0 N–H and O–H groups in total. The van der Waals surface area contributed by atoms with Gasteiger partial charge in [0.15, 0.2) is 0 Å². The lowest BCUT2D eigenvalue weighted by atomic mass is 9.98. The van der Waals surface area contributed by atoms with Crippen molar-refractivity contribution in [3.8, 4) is 0 Å². The Hall–Kier alpha value is -1.65. The molecule has 2 aromatic carbocycles. The molecule has 0 aliphatic heterocycles. The molecule has 2 aliphatic rings. The molecule has 0 saturated heterocycles. The Labute approximate surface area is 147 Å². The number of hydrogen-bond acceptors (Lipinski definition) is 0. The molecule has 0 unspecified atom stereocenters. The van der Waals surface area contributed by atoms with E-state index in [2.05, 4.69) is 78.9 Å². The second-order valence-corrected chi connectivity index (χ2v) is 9.25. The van der Waals surface area contributed by atoms with Gasteiger partial charge in [-0.2, -0.15) is 0 Å². The van der Waals surface area contributed by atoms with Gasteiger partial charge in [-0.25, -0.2) is 0 Å². The van der Waals surface area contributed by atoms with Crippen molar-refractivity contribution in [3.63, 3.8) is 0 Å². The summed E-state index contributed by atoms with van der Waals surface area (Å²) in [6.45, 7) is 0. The van der Waals surface area contributed by atoms with E-state index in [1.807, 2.05) is 0 Å². The minimum Gasteiger partial charge on any atom is -0.0810 e. The topological polar surface area (TPSA) is 0 Å². The van der Waals surface area contributed by atoms with Gasteiger partial charge < -0.3 is 0 Å². The van der Waals surface area contributed by atoms with Crippen LogP contribution in [0.15, 0.2) is 84.5 Å². The minimum atomic E-state index is -0.214. The molecule has 0 amide bonds. The highest BCUT2D eigenvalue weighted by molar-refractivity contribution is 7.73. The molecular formula is C23H25P. The summed E-state index contributed by atoms with van der Waals surface area (Å²) < 4.78 is 0. The monoisotopic (exact) mass is 332 g/mol. The van der Waals surface area contributed by atoms with E-state index < -0.39 is 0 Å². The van der Waals surface area contributed by atoms with Crippen molar-refractivity contribution >= 4 is 18.5 Å². The van der Waals surface area contributed by atoms with Crippen molar-refractivity contribution in [2.45, 2.75) is 25.7 Å². The summed E-state index contributed by atoms with van der Waals surface area (Å²) in [5, 5.41) is 3.03. The van der Waals surface area contributed by atoms with Crippen LogP contribution in [-0.2, 0) is 0 Å². The van der Waals surface area contributed by atoms with Crippen LogP contribution in [0.2, 0.25) is 0 Å². The van der Waals surface area contributed by atoms with Crippen molar-refractivity contribution in [1.29, 1.82) is 0 Å². The van der Waals surface area contributed by atoms with Gasteiger partial charge in [0.25, 0.3) is 0 Å². The summed E-state index contributed by atoms with van der Waals surface area (Å²) in [5.74, 6) is 1.54. The van der Waals surface area contributed by atoms with Crippen LogP contribution >= 0.6 is 7.92 Å². The average Bonchev–Trinajstić information content (AvgIpc) is 3.26. The highest BCUT2D eigenvalue weighted by Gasteiger charge is 2.27. The summed E-state index contributed by atoms with van der Waals surface area (Å²) in [7, 11) is -0.214. The Balaban J connectivity index is 1.37. The standard InChI is InChI=1S/C23H25P/c1-3-10-22(11-4-1)24(23-12-5-2-6-13-23)16-8-7-9-20-17-19-14-15-21(20)18-19/h1-6,10-15,17,19,21H,7-9,16,18H2/t19-,21-/m1/s1. The lowest BCUT2D eigenvalue weighted by Gasteiger charge is -2.19. The van der Waals surface area contributed by atoms with E-state index in [1.54, 1.807) is 5.57 Å². The van der Waals surface area contributed by atoms with E-state index in [0.717, 1.165) is 11.8 Å². The molecule has 0 saturated carbocycles. The zero-order chi connectivity index (χ0) is 16.2. The van der Waals surface area contributed by atoms with Crippen molar-refractivity contribution in [2.75, 3.05) is 6.16 Å². The zero-order valence-corrected chi connectivity index (χ0v) is 15.0. The predicted octanol–water partition coefficient (Wildman–Crippen LogP) is 5.42. The van der Waals surface area contributed by atoms with Gasteiger partial charge in [-0.05, 0) is 62.2 Å². The van der Waals surface area contributed by atoms with E-state index in [1.165, 1.54) is 42.5 Å². The van der Waals surface area contributed by atoms with Crippen LogP contribution in [0.3, 0.4) is 0 Å². The maximum atomic E-state index is 2.53. The van der Waals surface area contributed by atoms with Gasteiger partial charge in [-0.3, -0.25) is 0 Å². The lowest BCUT2D eigenvalue weighted by molar-refractivity contribution is 0.673. The molecule has 24 heavy (non-hydrogen) atoms. The fraction of sp³-hybridized carbons (Fsp3) is 0.304. The number of rotatable bonds is 7. The Bertz CT molecular complexity index is 675. The molecule has 2 aliphatic carbocycles. The summed E-state index contributed by atoms with van der Waals surface area (Å²) in [4.78, 5) is 0. The maximum Gasteiger partial charge on any atom is -0.00143 e. The number of unbranched alkanes of at least 4 members (excludes halogenated alkanes) is 1. The van der Waals surface area contributed by atoms with Gasteiger partial charge >= 0.3 is 0 Å². The van der Waals surface area contributed by atoms with Crippen LogP contribution in [0.25, 0.3) is 0 Å². The molecule has 0 fully saturated rings. The Morgan fingerprint density at radius 1 is 0.792 bits per heavy atom. The van der Waals surface area contributed by atoms with Crippen molar-refractivity contribution in [1.82, 2.24) is 0 Å². The third kappa shape index (κ3) is 3.55. The van der Waals surface area contributed by atoms with Gasteiger partial charge in [0, 0.05) is 0 Å². The fourth-order valence-electron chi connectivity index (χ4n) is 4.02. The highest BCUT2D eigenvalue weighted by Crippen LogP contribution is 2.41. The molecule has 122 valence electrons. The van der Waals surface area contributed by atoms with Gasteiger partial charge in [0.1, 0.15) is 0 Å². The van der Waals surface area contributed by atoms with Gasteiger partial charge in [-0.1, -0.05) is 84.5 Å². The van der Waals surface area contributed by atoms with Crippen LogP contribution in [0.5, 0.6) is 0 Å². The second kappa shape index (κ2) is 7.49. The van der Waals surface area contributed by atoms with E-state index in [9.17, 15) is 0 Å². The molecule has 4 rings (SSSR count). The molecule has 0 heterocycles. The molecule has 0 aromatic heterocycles. The molecule has 1 heteroatoms. The Morgan fingerprint density at radius 2 is 1.46 bits per heavy atom. The first kappa shape index (κ1) is 15.9. The number of hydrogen-bond donors (Lipinski definition) is 0. The van der Waals surface area contributed by atoms with Crippen LogP contribution in [0, 0.1) is 11.8 Å². The van der Waals surface area contributed by atoms with E-state index in [-0.39, 0.29) is 7.92 Å². The first-order chi connectivity index (χ1) is 11.9. The predicted molar refractivity (Wildman–Crippen MR) is 107 cm³/mol. The summed E-state index contributed by atoms with van der Waals surface area (Å²) in [6.07, 6.45) is 14.0. The van der Waals surface area contributed by atoms with Gasteiger partial charge in [0.05, 0.1) is 0 Å². The molecule has 0 spiro atoms. The molecule has 0 nitrogen and oxygen atoms in total. The smallest absolute Gasteiger partial charge is 0.00143 e. The van der Waals surface area contributed by atoms with Crippen LogP contribution in [0.1, 0.15) is 25.7 Å². The third-order valence-electron chi connectivity index (χ3n) is 5.25. The summed E-state index contributed by atoms with van der Waals surface area (Å²) in [5.41, 5.74) is 1.71. The quantitative estimate of drug-likeness (QED) is 0.361. The maximum absolute atomic E-state index is 2.53. The zero-order valence-electron chi connectivity index (χ0n) is 14.1. The molecular weight excluding hydrogens is 307 g/mol. The lowest BCUT2D eigenvalue weighted by Crippen LogP contribution is -2.13. The molecule has 2 bridgehead atoms. The number of fused-ring (bicyclic) bond motifs is 2. The van der Waals surface area contributed by atoms with Crippen LogP contribution in [-0.4, -0.2) is 6.16 Å². The van der Waals surface area contributed by atoms with Gasteiger partial charge in [0.2, 0.25) is 0 Å². The van der Waals surface area contributed by atoms with E-state index >= 15 is 0 Å². The Morgan fingerprint density at radius 3 is 2.00 bits per heavy atom. The molecule has 0 radical (unpaired) electrons. The molecule has 2 atom stereocenters. The summed E-state index contributed by atoms with van der Waals surface area (Å²) in [6, 6.07) is 22.2. The highest BCUT2D eigenvalue weighted by atomic mass is 31.1. The fourth-order valence-corrected chi connectivity index (χ4v) is 6.43. The van der Waals surface area contributed by atoms with E-state index in [4.69, 9.17) is 0 Å². The minimum absolute atomic E-state index is 0.214. The number of allylic oxidation sites excluding steroid dienone is 4.